The first-order valence-corrected chi connectivity index (χ1v) is 8.28. The van der Waals surface area contributed by atoms with Crippen LogP contribution in [0.1, 0.15) is 36.5 Å². The summed E-state index contributed by atoms with van der Waals surface area (Å²) in [5.41, 5.74) is -0.274. The van der Waals surface area contributed by atoms with Gasteiger partial charge < -0.3 is 14.9 Å². The quantitative estimate of drug-likeness (QED) is 0.916. The molecule has 2 fully saturated rings. The van der Waals surface area contributed by atoms with E-state index in [0.29, 0.717) is 23.9 Å². The molecule has 2 saturated heterocycles. The lowest BCUT2D eigenvalue weighted by atomic mass is 9.78. The van der Waals surface area contributed by atoms with Crippen LogP contribution in [-0.2, 0) is 4.79 Å². The predicted molar refractivity (Wildman–Crippen MR) is 87.0 cm³/mol. The van der Waals surface area contributed by atoms with Gasteiger partial charge >= 0.3 is 5.97 Å². The van der Waals surface area contributed by atoms with Gasteiger partial charge in [0.2, 0.25) is 5.91 Å². The van der Waals surface area contributed by atoms with Gasteiger partial charge in [-0.25, -0.2) is 9.78 Å². The summed E-state index contributed by atoms with van der Waals surface area (Å²) in [6.07, 6.45) is 4.02. The van der Waals surface area contributed by atoms with Gasteiger partial charge in [0.25, 0.3) is 0 Å². The average molecular weight is 338 g/mol. The molecule has 3 heterocycles. The number of pyridine rings is 1. The highest BCUT2D eigenvalue weighted by Crippen LogP contribution is 2.42. The number of piperidine rings is 1. The topological polar surface area (TPSA) is 73.7 Å². The highest BCUT2D eigenvalue weighted by Gasteiger charge is 2.48. The van der Waals surface area contributed by atoms with Crippen molar-refractivity contribution >= 4 is 29.3 Å². The van der Waals surface area contributed by atoms with Crippen LogP contribution in [0.15, 0.2) is 12.3 Å². The van der Waals surface area contributed by atoms with Crippen LogP contribution in [0.3, 0.4) is 0 Å². The number of anilines is 1. The van der Waals surface area contributed by atoms with Gasteiger partial charge in [-0.1, -0.05) is 11.6 Å². The lowest BCUT2D eigenvalue weighted by Crippen LogP contribution is -2.49. The van der Waals surface area contributed by atoms with Crippen molar-refractivity contribution in [3.63, 3.8) is 0 Å². The number of carboxylic acids is 1. The lowest BCUT2D eigenvalue weighted by Gasteiger charge is -2.39. The summed E-state index contributed by atoms with van der Waals surface area (Å²) < 4.78 is 0. The Morgan fingerprint density at radius 2 is 2.22 bits per heavy atom. The zero-order chi connectivity index (χ0) is 16.6. The first-order chi connectivity index (χ1) is 11.0. The van der Waals surface area contributed by atoms with Gasteiger partial charge in [0, 0.05) is 32.4 Å². The number of carbonyl (C=O) groups excluding carboxylic acids is 1. The molecular formula is C16H20ClN3O3. The molecular weight excluding hydrogens is 318 g/mol. The molecule has 0 radical (unpaired) electrons. The van der Waals surface area contributed by atoms with Crippen molar-refractivity contribution in [2.75, 3.05) is 31.1 Å². The van der Waals surface area contributed by atoms with E-state index in [4.69, 9.17) is 16.7 Å². The maximum absolute atomic E-state index is 12.8. The minimum Gasteiger partial charge on any atom is -0.478 e. The molecule has 1 N–H and O–H groups in total. The first-order valence-electron chi connectivity index (χ1n) is 7.90. The third-order valence-electron chi connectivity index (χ3n) is 4.93. The van der Waals surface area contributed by atoms with Gasteiger partial charge in [0.05, 0.1) is 16.0 Å². The molecule has 0 saturated carbocycles. The Morgan fingerprint density at radius 3 is 2.87 bits per heavy atom. The van der Waals surface area contributed by atoms with Gasteiger partial charge in [-0.3, -0.25) is 4.79 Å². The van der Waals surface area contributed by atoms with Crippen molar-refractivity contribution in [1.82, 2.24) is 9.88 Å². The smallest absolute Gasteiger partial charge is 0.337 e. The highest BCUT2D eigenvalue weighted by atomic mass is 35.5. The number of aromatic nitrogens is 1. The SMILES string of the molecule is CCN1CCCC2(CCN(c3ncc(C(=O)O)cc3Cl)C2)C1=O. The fraction of sp³-hybridized carbons (Fsp3) is 0.562. The predicted octanol–water partition coefficient (Wildman–Crippen LogP) is 2.27. The third-order valence-corrected chi connectivity index (χ3v) is 5.21. The minimum absolute atomic E-state index is 0.0681. The second kappa shape index (κ2) is 6.00. The standard InChI is InChI=1S/C16H20ClN3O3/c1-2-19-6-3-4-16(15(19)23)5-7-20(10-16)13-12(17)8-11(9-18-13)14(21)22/h8-9H,2-7,10H2,1H3,(H,21,22). The van der Waals surface area contributed by atoms with E-state index in [2.05, 4.69) is 4.98 Å². The summed E-state index contributed by atoms with van der Waals surface area (Å²) >= 11 is 6.21. The van der Waals surface area contributed by atoms with E-state index < -0.39 is 5.97 Å². The van der Waals surface area contributed by atoms with Crippen molar-refractivity contribution in [3.05, 3.63) is 22.8 Å². The Bertz CT molecular complexity index is 651. The number of nitrogens with zero attached hydrogens (tertiary/aromatic N) is 3. The summed E-state index contributed by atoms with van der Waals surface area (Å²) in [5, 5.41) is 9.31. The molecule has 2 aliphatic heterocycles. The van der Waals surface area contributed by atoms with E-state index in [0.717, 1.165) is 32.4 Å². The summed E-state index contributed by atoms with van der Waals surface area (Å²) in [6, 6.07) is 1.41. The van der Waals surface area contributed by atoms with Crippen LogP contribution in [0.2, 0.25) is 5.02 Å². The van der Waals surface area contributed by atoms with Gasteiger partial charge in [-0.15, -0.1) is 0 Å². The first kappa shape index (κ1) is 16.1. The Balaban J connectivity index is 1.82. The average Bonchev–Trinajstić information content (AvgIpc) is 2.95. The van der Waals surface area contributed by atoms with E-state index in [1.54, 1.807) is 0 Å². The zero-order valence-electron chi connectivity index (χ0n) is 13.1. The summed E-state index contributed by atoms with van der Waals surface area (Å²) in [7, 11) is 0. The number of carboxylic acid groups (broad SMARTS) is 1. The van der Waals surface area contributed by atoms with E-state index in [-0.39, 0.29) is 16.9 Å². The zero-order valence-corrected chi connectivity index (χ0v) is 13.8. The molecule has 1 aromatic rings. The highest BCUT2D eigenvalue weighted by molar-refractivity contribution is 6.33. The number of hydrogen-bond donors (Lipinski definition) is 1. The second-order valence-electron chi connectivity index (χ2n) is 6.27. The maximum atomic E-state index is 12.8. The number of amides is 1. The molecule has 6 nitrogen and oxygen atoms in total. The Hall–Kier alpha value is -1.82. The number of likely N-dealkylation sites (tertiary alicyclic amines) is 1. The Morgan fingerprint density at radius 1 is 1.43 bits per heavy atom. The Labute approximate surface area is 140 Å². The van der Waals surface area contributed by atoms with Crippen LogP contribution in [0.5, 0.6) is 0 Å². The van der Waals surface area contributed by atoms with Crippen molar-refractivity contribution in [1.29, 1.82) is 0 Å². The molecule has 1 amide bonds. The van der Waals surface area contributed by atoms with Crippen LogP contribution in [-0.4, -0.2) is 53.0 Å². The molecule has 1 aromatic heterocycles. The molecule has 0 aromatic carbocycles. The van der Waals surface area contributed by atoms with E-state index in [1.165, 1.54) is 12.3 Å². The molecule has 0 aliphatic carbocycles. The fourth-order valence-corrected chi connectivity index (χ4v) is 3.95. The van der Waals surface area contributed by atoms with Crippen LogP contribution in [0, 0.1) is 5.41 Å². The van der Waals surface area contributed by atoms with Gasteiger partial charge in [0.1, 0.15) is 5.82 Å². The largest absolute Gasteiger partial charge is 0.478 e. The van der Waals surface area contributed by atoms with Gasteiger partial charge in [-0.05, 0) is 32.3 Å². The Kier molecular flexibility index (Phi) is 4.19. The molecule has 0 bridgehead atoms. The van der Waals surface area contributed by atoms with Crippen LogP contribution >= 0.6 is 11.6 Å². The molecule has 7 heteroatoms. The van der Waals surface area contributed by atoms with E-state index in [1.807, 2.05) is 16.7 Å². The van der Waals surface area contributed by atoms with Crippen molar-refractivity contribution in [2.45, 2.75) is 26.2 Å². The third kappa shape index (κ3) is 2.76. The second-order valence-corrected chi connectivity index (χ2v) is 6.68. The summed E-state index contributed by atoms with van der Waals surface area (Å²) in [4.78, 5) is 31.9. The number of rotatable bonds is 3. The van der Waals surface area contributed by atoms with E-state index >= 15 is 0 Å². The fourth-order valence-electron chi connectivity index (χ4n) is 3.67. The monoisotopic (exact) mass is 337 g/mol. The molecule has 124 valence electrons. The summed E-state index contributed by atoms with van der Waals surface area (Å²) in [5.74, 6) is -0.258. The molecule has 23 heavy (non-hydrogen) atoms. The molecule has 1 spiro atoms. The maximum Gasteiger partial charge on any atom is 0.337 e. The van der Waals surface area contributed by atoms with E-state index in [9.17, 15) is 9.59 Å². The molecule has 3 rings (SSSR count). The number of carbonyl (C=O) groups is 2. The van der Waals surface area contributed by atoms with Crippen LogP contribution in [0.25, 0.3) is 0 Å². The van der Waals surface area contributed by atoms with Gasteiger partial charge in [0.15, 0.2) is 0 Å². The van der Waals surface area contributed by atoms with Crippen molar-refractivity contribution in [3.8, 4) is 0 Å². The summed E-state index contributed by atoms with van der Waals surface area (Å²) in [6.45, 7) is 4.90. The van der Waals surface area contributed by atoms with Crippen molar-refractivity contribution in [2.24, 2.45) is 5.41 Å². The van der Waals surface area contributed by atoms with Crippen LogP contribution < -0.4 is 4.90 Å². The molecule has 2 aliphatic rings. The number of aromatic carboxylic acids is 1. The van der Waals surface area contributed by atoms with Gasteiger partial charge in [-0.2, -0.15) is 0 Å². The van der Waals surface area contributed by atoms with Crippen LogP contribution in [0.4, 0.5) is 5.82 Å². The molecule has 1 unspecified atom stereocenters. The molecule has 1 atom stereocenters. The minimum atomic E-state index is -1.05. The number of halogens is 1. The normalized spacial score (nSPS) is 24.5. The lowest BCUT2D eigenvalue weighted by molar-refractivity contribution is -0.144. The number of hydrogen-bond acceptors (Lipinski definition) is 4. The van der Waals surface area contributed by atoms with Crippen molar-refractivity contribution < 1.29 is 14.7 Å².